The van der Waals surface area contributed by atoms with E-state index in [1.165, 1.54) is 0 Å². The predicted molar refractivity (Wildman–Crippen MR) is 279 cm³/mol. The number of hydrogen-bond acceptors (Lipinski definition) is 5. The molecule has 2 aromatic heterocycles. The number of para-hydroxylation sites is 4. The zero-order chi connectivity index (χ0) is 46.1. The molecule has 0 fully saturated rings. The Morgan fingerprint density at radius 2 is 0.913 bits per heavy atom. The Balaban J connectivity index is 1.27. The molecular formula is C63H38N4O2. The molecule has 0 spiro atoms. The van der Waals surface area contributed by atoms with E-state index in [1.54, 1.807) is 0 Å². The fourth-order valence-corrected chi connectivity index (χ4v) is 10.9. The SMILES string of the molecule is [C-]#[N+]c1cccc(N(c2ccccc2)c2cc3c(c4c2oc2ccccc24)-c2c(cc(N(c4ccccc4)c4cccc(C#N)c4)c4c2oc2ccccc24)C3(c2ccccc2)c2ccccc2)c1. The number of hydrogen-bond donors (Lipinski definition) is 0. The van der Waals surface area contributed by atoms with Crippen molar-refractivity contribution in [3.63, 3.8) is 0 Å². The number of furan rings is 2. The summed E-state index contributed by atoms with van der Waals surface area (Å²) in [4.78, 5) is 8.37. The van der Waals surface area contributed by atoms with Gasteiger partial charge in [0.15, 0.2) is 11.3 Å². The molecule has 0 atom stereocenters. The van der Waals surface area contributed by atoms with Crippen molar-refractivity contribution in [2.45, 2.75) is 5.41 Å². The molecule has 322 valence electrons. The van der Waals surface area contributed by atoms with E-state index >= 15 is 0 Å². The lowest BCUT2D eigenvalue weighted by atomic mass is 9.67. The molecule has 0 saturated heterocycles. The van der Waals surface area contributed by atoms with Gasteiger partial charge in [-0.3, -0.25) is 0 Å². The molecule has 2 heterocycles. The summed E-state index contributed by atoms with van der Waals surface area (Å²) in [6.07, 6.45) is 0. The van der Waals surface area contributed by atoms with Crippen LogP contribution in [0.25, 0.3) is 59.8 Å². The highest BCUT2D eigenvalue weighted by Gasteiger charge is 2.50. The normalized spacial score (nSPS) is 12.4. The fourth-order valence-electron chi connectivity index (χ4n) is 10.9. The fraction of sp³-hybridized carbons (Fsp3) is 0.0159. The Kier molecular flexibility index (Phi) is 9.08. The van der Waals surface area contributed by atoms with Crippen LogP contribution in [0.15, 0.2) is 239 Å². The quantitative estimate of drug-likeness (QED) is 0.142. The number of nitrogens with zero attached hydrogens (tertiary/aromatic N) is 4. The molecule has 1 aliphatic rings. The van der Waals surface area contributed by atoms with Gasteiger partial charge in [0.2, 0.25) is 0 Å². The molecule has 69 heavy (non-hydrogen) atoms. The summed E-state index contributed by atoms with van der Waals surface area (Å²) in [6, 6.07) is 81.6. The summed E-state index contributed by atoms with van der Waals surface area (Å²) in [5.41, 5.74) is 14.7. The van der Waals surface area contributed by atoms with E-state index < -0.39 is 5.41 Å². The van der Waals surface area contributed by atoms with Gasteiger partial charge in [-0.15, -0.1) is 0 Å². The molecule has 0 saturated carbocycles. The van der Waals surface area contributed by atoms with Gasteiger partial charge in [-0.2, -0.15) is 5.26 Å². The lowest BCUT2D eigenvalue weighted by Gasteiger charge is -2.36. The van der Waals surface area contributed by atoms with Gasteiger partial charge in [-0.25, -0.2) is 4.85 Å². The first-order chi connectivity index (χ1) is 34.1. The van der Waals surface area contributed by atoms with Crippen LogP contribution in [0.2, 0.25) is 0 Å². The van der Waals surface area contributed by atoms with Gasteiger partial charge in [0, 0.05) is 50.0 Å². The Morgan fingerprint density at radius 3 is 1.52 bits per heavy atom. The van der Waals surface area contributed by atoms with Gasteiger partial charge >= 0.3 is 0 Å². The molecular weight excluding hydrogens is 845 g/mol. The number of fused-ring (bicyclic) bond motifs is 11. The summed E-state index contributed by atoms with van der Waals surface area (Å²) in [5, 5.41) is 14.1. The van der Waals surface area contributed by atoms with Crippen molar-refractivity contribution in [3.05, 3.63) is 270 Å². The highest BCUT2D eigenvalue weighted by molar-refractivity contribution is 6.26. The molecule has 12 aromatic rings. The third-order valence-electron chi connectivity index (χ3n) is 13.7. The van der Waals surface area contributed by atoms with Crippen molar-refractivity contribution in [2.24, 2.45) is 0 Å². The van der Waals surface area contributed by atoms with E-state index in [2.05, 4.69) is 166 Å². The van der Waals surface area contributed by atoms with E-state index in [0.29, 0.717) is 16.8 Å². The largest absolute Gasteiger partial charge is 0.455 e. The van der Waals surface area contributed by atoms with Crippen LogP contribution >= 0.6 is 0 Å². The smallest absolute Gasteiger partial charge is 0.189 e. The maximum Gasteiger partial charge on any atom is 0.189 e. The first kappa shape index (κ1) is 39.7. The summed E-state index contributed by atoms with van der Waals surface area (Å²) in [7, 11) is 0. The van der Waals surface area contributed by atoms with Crippen molar-refractivity contribution in [1.82, 2.24) is 0 Å². The Bertz CT molecular complexity index is 4010. The van der Waals surface area contributed by atoms with Crippen molar-refractivity contribution >= 4 is 83.7 Å². The molecule has 1 aliphatic carbocycles. The number of benzene rings is 10. The minimum absolute atomic E-state index is 0.536. The van der Waals surface area contributed by atoms with E-state index in [4.69, 9.17) is 15.4 Å². The van der Waals surface area contributed by atoms with Gasteiger partial charge in [0.1, 0.15) is 16.7 Å². The minimum Gasteiger partial charge on any atom is -0.455 e. The molecule has 6 heteroatoms. The standard InChI is InChI=1S/C63H38N4O2/c1-65-44-25-19-31-48(37-44)67(46-28-12-5-13-29-46)54-39-51-59(58-50-33-15-17-35-56(50)68-61(54)58)60-52(63(51,42-21-6-2-7-22-42)43-23-8-3-9-24-43)38-53(57-49-32-14-16-34-55(49)69-62(57)60)66(45-26-10-4-11-27-45)47-30-18-20-41(36-47)40-64/h2-39H. The maximum absolute atomic E-state index is 10.3. The predicted octanol–water partition coefficient (Wildman–Crippen LogP) is 17.2. The van der Waals surface area contributed by atoms with Gasteiger partial charge in [0.25, 0.3) is 0 Å². The zero-order valence-corrected chi connectivity index (χ0v) is 37.0. The molecule has 13 rings (SSSR count). The average Bonchev–Trinajstić information content (AvgIpc) is 4.09. The molecule has 0 aliphatic heterocycles. The van der Waals surface area contributed by atoms with E-state index in [1.807, 2.05) is 84.9 Å². The van der Waals surface area contributed by atoms with Crippen LogP contribution in [0.1, 0.15) is 27.8 Å². The summed E-state index contributed by atoms with van der Waals surface area (Å²) in [5.74, 6) is 0. The van der Waals surface area contributed by atoms with E-state index in [-0.39, 0.29) is 0 Å². The van der Waals surface area contributed by atoms with E-state index in [9.17, 15) is 5.26 Å². The molecule has 0 radical (unpaired) electrons. The van der Waals surface area contributed by atoms with Crippen LogP contribution in [-0.2, 0) is 5.41 Å². The van der Waals surface area contributed by atoms with Crippen LogP contribution in [0.5, 0.6) is 0 Å². The highest BCUT2D eigenvalue weighted by Crippen LogP contribution is 2.64. The van der Waals surface area contributed by atoms with Gasteiger partial charge in [0.05, 0.1) is 40.4 Å². The highest BCUT2D eigenvalue weighted by atomic mass is 16.3. The Morgan fingerprint density at radius 1 is 0.435 bits per heavy atom. The van der Waals surface area contributed by atoms with Crippen molar-refractivity contribution in [2.75, 3.05) is 9.80 Å². The average molecular weight is 883 g/mol. The minimum atomic E-state index is -0.937. The van der Waals surface area contributed by atoms with Crippen LogP contribution < -0.4 is 9.80 Å². The molecule has 0 unspecified atom stereocenters. The maximum atomic E-state index is 10.3. The molecule has 6 nitrogen and oxygen atoms in total. The first-order valence-electron chi connectivity index (χ1n) is 22.9. The molecule has 0 bridgehead atoms. The van der Waals surface area contributed by atoms with Crippen molar-refractivity contribution in [1.29, 1.82) is 5.26 Å². The van der Waals surface area contributed by atoms with Gasteiger partial charge in [-0.05, 0) is 101 Å². The van der Waals surface area contributed by atoms with Crippen LogP contribution in [0.4, 0.5) is 39.8 Å². The number of rotatable bonds is 8. The summed E-state index contributed by atoms with van der Waals surface area (Å²) >= 11 is 0. The second-order valence-electron chi connectivity index (χ2n) is 17.4. The third kappa shape index (κ3) is 5.97. The monoisotopic (exact) mass is 882 g/mol. The lowest BCUT2D eigenvalue weighted by Crippen LogP contribution is -2.29. The Labute approximate surface area is 398 Å². The van der Waals surface area contributed by atoms with Crippen LogP contribution in [0.3, 0.4) is 0 Å². The molecule has 0 N–H and O–H groups in total. The Hall–Kier alpha value is -9.62. The number of anilines is 6. The first-order valence-corrected chi connectivity index (χ1v) is 22.9. The van der Waals surface area contributed by atoms with Crippen molar-refractivity contribution in [3.8, 4) is 17.2 Å². The summed E-state index contributed by atoms with van der Waals surface area (Å²) < 4.78 is 14.5. The van der Waals surface area contributed by atoms with Crippen LogP contribution in [0, 0.1) is 17.9 Å². The molecule has 10 aromatic carbocycles. The topological polar surface area (TPSA) is 60.9 Å². The second-order valence-corrected chi connectivity index (χ2v) is 17.4. The van der Waals surface area contributed by atoms with Crippen LogP contribution in [-0.4, -0.2) is 0 Å². The second kappa shape index (κ2) is 15.8. The van der Waals surface area contributed by atoms with Gasteiger partial charge in [-0.1, -0.05) is 152 Å². The summed E-state index contributed by atoms with van der Waals surface area (Å²) in [6.45, 7) is 8.06. The number of nitriles is 1. The van der Waals surface area contributed by atoms with Gasteiger partial charge < -0.3 is 18.6 Å². The van der Waals surface area contributed by atoms with Crippen molar-refractivity contribution < 1.29 is 8.83 Å². The lowest BCUT2D eigenvalue weighted by molar-refractivity contribution is 0.668. The molecule has 0 amide bonds. The zero-order valence-electron chi connectivity index (χ0n) is 37.0. The van der Waals surface area contributed by atoms with E-state index in [0.717, 1.165) is 106 Å². The third-order valence-corrected chi connectivity index (χ3v) is 13.7.